The predicted molar refractivity (Wildman–Crippen MR) is 212 cm³/mol. The predicted octanol–water partition coefficient (Wildman–Crippen LogP) is 12.8. The van der Waals surface area contributed by atoms with Crippen LogP contribution in [0.2, 0.25) is 0 Å². The summed E-state index contributed by atoms with van der Waals surface area (Å²) in [4.78, 5) is 0. The third-order valence-electron chi connectivity index (χ3n) is 8.14. The van der Waals surface area contributed by atoms with Crippen molar-refractivity contribution < 1.29 is 0 Å². The lowest BCUT2D eigenvalue weighted by molar-refractivity contribution is 1.16. The molecule has 0 radical (unpaired) electrons. The van der Waals surface area contributed by atoms with Crippen molar-refractivity contribution in [1.82, 2.24) is 0 Å². The van der Waals surface area contributed by atoms with Crippen molar-refractivity contribution in [2.75, 3.05) is 0 Å². The first-order valence-corrected chi connectivity index (χ1v) is 17.2. The minimum absolute atomic E-state index is 1.03. The molecule has 7 aromatic carbocycles. The second-order valence-electron chi connectivity index (χ2n) is 12.5. The molecule has 0 saturated heterocycles. The minimum Gasteiger partial charge on any atom is -0.0622 e. The molecule has 7 aromatic rings. The molecule has 0 atom stereocenters. The zero-order chi connectivity index (χ0) is 34.5. The monoisotopic (exact) mass is 638 g/mol. The molecule has 0 nitrogen and oxygen atoms in total. The van der Waals surface area contributed by atoms with Crippen LogP contribution in [0.15, 0.2) is 194 Å². The summed E-state index contributed by atoms with van der Waals surface area (Å²) >= 11 is 0. The molecular weight excluding hydrogens is 589 g/mol. The number of benzene rings is 7. The highest BCUT2D eigenvalue weighted by atomic mass is 14.0. The van der Waals surface area contributed by atoms with Gasteiger partial charge in [-0.25, -0.2) is 0 Å². The van der Waals surface area contributed by atoms with Crippen LogP contribution in [0.5, 0.6) is 0 Å². The van der Waals surface area contributed by atoms with Crippen molar-refractivity contribution in [3.63, 3.8) is 0 Å². The lowest BCUT2D eigenvalue weighted by Crippen LogP contribution is -1.90. The molecule has 49 heavy (non-hydrogen) atoms. The Bertz CT molecular complexity index is 1870. The average Bonchev–Trinajstić information content (AvgIpc) is 3.13. The van der Waals surface area contributed by atoms with E-state index in [1.54, 1.807) is 0 Å². The molecule has 0 bridgehead atoms. The average molecular weight is 639 g/mol. The Morgan fingerprint density at radius 1 is 0.265 bits per heavy atom. The van der Waals surface area contributed by atoms with Crippen molar-refractivity contribution in [2.45, 2.75) is 47.0 Å². The first kappa shape index (κ1) is 36.4. The Kier molecular flexibility index (Phi) is 15.4. The van der Waals surface area contributed by atoms with Gasteiger partial charge in [0.25, 0.3) is 0 Å². The van der Waals surface area contributed by atoms with Crippen molar-refractivity contribution in [3.8, 4) is 0 Å². The molecule has 0 aliphatic heterocycles. The SMILES string of the molecule is Cc1ccc(Cc2ccccc2)cc1.Cc1cccc(Cc2ccccc2)c1.Cc1ccccc1.Cc1ccccc1Cc1ccccc1. The second kappa shape index (κ2) is 20.7. The quantitative estimate of drug-likeness (QED) is 0.170. The summed E-state index contributed by atoms with van der Waals surface area (Å²) in [5, 5.41) is 0. The highest BCUT2D eigenvalue weighted by Crippen LogP contribution is 2.14. The fourth-order valence-corrected chi connectivity index (χ4v) is 5.35. The van der Waals surface area contributed by atoms with E-state index in [0.29, 0.717) is 0 Å². The molecular formula is C49H50. The van der Waals surface area contributed by atoms with Gasteiger partial charge in [-0.1, -0.05) is 211 Å². The number of rotatable bonds is 6. The zero-order valence-corrected chi connectivity index (χ0v) is 29.6. The fraction of sp³-hybridized carbons (Fsp3) is 0.143. The molecule has 0 N–H and O–H groups in total. The van der Waals surface area contributed by atoms with Gasteiger partial charge < -0.3 is 0 Å². The maximum Gasteiger partial charge on any atom is -0.00232 e. The summed E-state index contributed by atoms with van der Waals surface area (Å²) in [6.07, 6.45) is 3.09. The van der Waals surface area contributed by atoms with E-state index in [1.165, 1.54) is 55.6 Å². The molecule has 0 heteroatoms. The van der Waals surface area contributed by atoms with Gasteiger partial charge in [0.15, 0.2) is 0 Å². The topological polar surface area (TPSA) is 0 Å². The number of aryl methyl sites for hydroxylation is 4. The van der Waals surface area contributed by atoms with E-state index >= 15 is 0 Å². The summed E-state index contributed by atoms with van der Waals surface area (Å²) < 4.78 is 0. The Labute approximate surface area is 295 Å². The smallest absolute Gasteiger partial charge is 0.00232 e. The van der Waals surface area contributed by atoms with Crippen LogP contribution in [0, 0.1) is 27.7 Å². The lowest BCUT2D eigenvalue weighted by atomic mass is 10.0. The van der Waals surface area contributed by atoms with Crippen LogP contribution < -0.4 is 0 Å². The van der Waals surface area contributed by atoms with Gasteiger partial charge in [0.2, 0.25) is 0 Å². The van der Waals surface area contributed by atoms with Crippen LogP contribution >= 0.6 is 0 Å². The molecule has 0 aliphatic carbocycles. The van der Waals surface area contributed by atoms with Crippen LogP contribution in [0.25, 0.3) is 0 Å². The Morgan fingerprint density at radius 2 is 0.633 bits per heavy atom. The normalized spacial score (nSPS) is 9.88. The molecule has 0 amide bonds. The molecule has 0 heterocycles. The summed E-state index contributed by atoms with van der Waals surface area (Å²) in [6, 6.07) is 67.9. The summed E-state index contributed by atoms with van der Waals surface area (Å²) in [5.41, 5.74) is 13.6. The maximum absolute atomic E-state index is 2.24. The van der Waals surface area contributed by atoms with Gasteiger partial charge in [-0.3, -0.25) is 0 Å². The van der Waals surface area contributed by atoms with E-state index < -0.39 is 0 Å². The second-order valence-corrected chi connectivity index (χ2v) is 12.5. The van der Waals surface area contributed by atoms with E-state index in [2.05, 4.69) is 204 Å². The van der Waals surface area contributed by atoms with Crippen molar-refractivity contribution in [3.05, 3.63) is 250 Å². The van der Waals surface area contributed by atoms with E-state index in [9.17, 15) is 0 Å². The van der Waals surface area contributed by atoms with Crippen LogP contribution in [-0.2, 0) is 19.3 Å². The van der Waals surface area contributed by atoms with Gasteiger partial charge in [-0.05, 0) is 85.9 Å². The van der Waals surface area contributed by atoms with Gasteiger partial charge >= 0.3 is 0 Å². The first-order valence-electron chi connectivity index (χ1n) is 17.2. The third-order valence-corrected chi connectivity index (χ3v) is 8.14. The Hall–Kier alpha value is -5.46. The number of hydrogen-bond acceptors (Lipinski definition) is 0. The van der Waals surface area contributed by atoms with Gasteiger partial charge in [-0.2, -0.15) is 0 Å². The van der Waals surface area contributed by atoms with Crippen molar-refractivity contribution in [1.29, 1.82) is 0 Å². The van der Waals surface area contributed by atoms with Crippen LogP contribution in [0.3, 0.4) is 0 Å². The summed E-state index contributed by atoms with van der Waals surface area (Å²) in [5.74, 6) is 0. The third kappa shape index (κ3) is 14.5. The molecule has 0 spiro atoms. The highest BCUT2D eigenvalue weighted by molar-refractivity contribution is 5.32. The Balaban J connectivity index is 0.000000151. The van der Waals surface area contributed by atoms with Gasteiger partial charge in [0, 0.05) is 0 Å². The van der Waals surface area contributed by atoms with Crippen molar-refractivity contribution >= 4 is 0 Å². The molecule has 0 fully saturated rings. The minimum atomic E-state index is 1.03. The van der Waals surface area contributed by atoms with Gasteiger partial charge in [0.05, 0.1) is 0 Å². The zero-order valence-electron chi connectivity index (χ0n) is 29.6. The number of hydrogen-bond donors (Lipinski definition) is 0. The Morgan fingerprint density at radius 3 is 1.10 bits per heavy atom. The van der Waals surface area contributed by atoms with Gasteiger partial charge in [0.1, 0.15) is 0 Å². The van der Waals surface area contributed by atoms with Gasteiger partial charge in [-0.15, -0.1) is 0 Å². The standard InChI is InChI=1S/3C14H14.C7H8/c1-12-7-5-6-10-14(12)11-13-8-3-2-4-9-13;1-12-6-5-9-14(10-12)11-13-7-3-2-4-8-13;1-12-7-9-14(10-8-12)11-13-5-3-2-4-6-13;1-7-5-3-2-4-6-7/h3*2-10H,11H2,1H3;2-6H,1H3. The first-order chi connectivity index (χ1) is 23.9. The summed E-state index contributed by atoms with van der Waals surface area (Å²) in [6.45, 7) is 8.50. The van der Waals surface area contributed by atoms with Crippen LogP contribution in [0.4, 0.5) is 0 Å². The van der Waals surface area contributed by atoms with Crippen LogP contribution in [0.1, 0.15) is 55.6 Å². The molecule has 0 unspecified atom stereocenters. The van der Waals surface area contributed by atoms with Crippen LogP contribution in [-0.4, -0.2) is 0 Å². The van der Waals surface area contributed by atoms with Crippen molar-refractivity contribution in [2.24, 2.45) is 0 Å². The molecule has 246 valence electrons. The fourth-order valence-electron chi connectivity index (χ4n) is 5.35. The maximum atomic E-state index is 2.24. The van der Waals surface area contributed by atoms with E-state index in [0.717, 1.165) is 19.3 Å². The molecule has 0 saturated carbocycles. The van der Waals surface area contributed by atoms with E-state index in [1.807, 2.05) is 18.2 Å². The van der Waals surface area contributed by atoms with E-state index in [4.69, 9.17) is 0 Å². The highest BCUT2D eigenvalue weighted by Gasteiger charge is 1.98. The lowest BCUT2D eigenvalue weighted by Gasteiger charge is -2.04. The summed E-state index contributed by atoms with van der Waals surface area (Å²) in [7, 11) is 0. The molecule has 7 rings (SSSR count). The van der Waals surface area contributed by atoms with E-state index in [-0.39, 0.29) is 0 Å². The molecule has 0 aliphatic rings. The largest absolute Gasteiger partial charge is 0.0622 e. The molecule has 0 aromatic heterocycles.